The van der Waals surface area contributed by atoms with E-state index >= 15 is 0 Å². The molecular formula is C30H55N7O6. The Kier molecular flexibility index (Phi) is 14.1. The first-order valence-electron chi connectivity index (χ1n) is 15.1. The summed E-state index contributed by atoms with van der Waals surface area (Å²) >= 11 is 0. The van der Waals surface area contributed by atoms with Crippen molar-refractivity contribution in [3.63, 3.8) is 0 Å². The molecule has 0 aliphatic heterocycles. The SMILES string of the molecule is CC(C)C[C@@H](C(=O)NC(C)(C)C(=O)NC(C)(C)C(=O)NCCC(=O)NC1(CN(C)C)CCC1)N(C(=O)CNC=O)C(C)C. The zero-order valence-electron chi connectivity index (χ0n) is 27.8. The monoisotopic (exact) mass is 609 g/mol. The van der Waals surface area contributed by atoms with Gasteiger partial charge in [-0.25, -0.2) is 0 Å². The molecule has 0 aromatic carbocycles. The molecule has 1 rings (SSSR count). The molecular weight excluding hydrogens is 554 g/mol. The number of nitrogens with zero attached hydrogens (tertiary/aromatic N) is 2. The molecule has 1 aliphatic rings. The van der Waals surface area contributed by atoms with Gasteiger partial charge >= 0.3 is 0 Å². The molecule has 0 saturated heterocycles. The first kappa shape index (κ1) is 37.8. The van der Waals surface area contributed by atoms with Crippen LogP contribution in [0.15, 0.2) is 0 Å². The van der Waals surface area contributed by atoms with Crippen LogP contribution in [0.3, 0.4) is 0 Å². The maximum atomic E-state index is 13.5. The normalized spacial score (nSPS) is 15.3. The van der Waals surface area contributed by atoms with Gasteiger partial charge in [-0.2, -0.15) is 0 Å². The highest BCUT2D eigenvalue weighted by Crippen LogP contribution is 2.32. The third kappa shape index (κ3) is 11.8. The van der Waals surface area contributed by atoms with Crippen molar-refractivity contribution in [3.8, 4) is 0 Å². The lowest BCUT2D eigenvalue weighted by Crippen LogP contribution is -2.65. The summed E-state index contributed by atoms with van der Waals surface area (Å²) in [4.78, 5) is 79.4. The second kappa shape index (κ2) is 16.0. The average Bonchev–Trinajstić information content (AvgIpc) is 2.84. The van der Waals surface area contributed by atoms with E-state index in [-0.39, 0.29) is 42.9 Å². The number of amides is 6. The summed E-state index contributed by atoms with van der Waals surface area (Å²) in [5.74, 6) is -2.09. The summed E-state index contributed by atoms with van der Waals surface area (Å²) in [5.41, 5.74) is -2.98. The fourth-order valence-electron chi connectivity index (χ4n) is 5.18. The first-order valence-corrected chi connectivity index (χ1v) is 15.1. The molecule has 0 spiro atoms. The van der Waals surface area contributed by atoms with Gasteiger partial charge in [-0.1, -0.05) is 13.8 Å². The Morgan fingerprint density at radius 3 is 1.95 bits per heavy atom. The van der Waals surface area contributed by atoms with Gasteiger partial charge in [0, 0.05) is 25.6 Å². The van der Waals surface area contributed by atoms with E-state index in [2.05, 4.69) is 26.6 Å². The largest absolute Gasteiger partial charge is 0.354 e. The van der Waals surface area contributed by atoms with Crippen LogP contribution in [0.1, 0.15) is 87.5 Å². The predicted molar refractivity (Wildman–Crippen MR) is 165 cm³/mol. The number of hydrogen-bond donors (Lipinski definition) is 5. The van der Waals surface area contributed by atoms with Crippen molar-refractivity contribution in [2.24, 2.45) is 5.92 Å². The number of hydrogen-bond acceptors (Lipinski definition) is 7. The van der Waals surface area contributed by atoms with Gasteiger partial charge < -0.3 is 36.4 Å². The molecule has 0 heterocycles. The van der Waals surface area contributed by atoms with Gasteiger partial charge in [0.25, 0.3) is 0 Å². The molecule has 1 fully saturated rings. The van der Waals surface area contributed by atoms with Gasteiger partial charge in [0.15, 0.2) is 0 Å². The van der Waals surface area contributed by atoms with Crippen LogP contribution < -0.4 is 26.6 Å². The molecule has 6 amide bonds. The molecule has 13 nitrogen and oxygen atoms in total. The number of carbonyl (C=O) groups excluding carboxylic acids is 6. The summed E-state index contributed by atoms with van der Waals surface area (Å²) in [5, 5.41) is 13.6. The minimum absolute atomic E-state index is 0.0534. The fraction of sp³-hybridized carbons (Fsp3) is 0.800. The molecule has 1 aliphatic carbocycles. The van der Waals surface area contributed by atoms with Crippen molar-refractivity contribution < 1.29 is 28.8 Å². The maximum absolute atomic E-state index is 13.5. The van der Waals surface area contributed by atoms with Crippen LogP contribution in [-0.2, 0) is 28.8 Å². The van der Waals surface area contributed by atoms with E-state index in [0.717, 1.165) is 25.8 Å². The predicted octanol–water partition coefficient (Wildman–Crippen LogP) is 0.281. The summed E-state index contributed by atoms with van der Waals surface area (Å²) < 4.78 is 0. The van der Waals surface area contributed by atoms with Gasteiger partial charge in [-0.3, -0.25) is 28.8 Å². The Balaban J connectivity index is 2.83. The minimum atomic E-state index is -1.43. The average molecular weight is 610 g/mol. The molecule has 0 bridgehead atoms. The van der Waals surface area contributed by atoms with E-state index < -0.39 is 40.7 Å². The van der Waals surface area contributed by atoms with Crippen molar-refractivity contribution in [2.75, 3.05) is 33.7 Å². The molecule has 246 valence electrons. The third-order valence-corrected chi connectivity index (χ3v) is 7.48. The molecule has 43 heavy (non-hydrogen) atoms. The van der Waals surface area contributed by atoms with Crippen LogP contribution in [0, 0.1) is 5.92 Å². The maximum Gasteiger partial charge on any atom is 0.246 e. The van der Waals surface area contributed by atoms with Gasteiger partial charge in [-0.15, -0.1) is 0 Å². The summed E-state index contributed by atoms with van der Waals surface area (Å²) in [6.45, 7) is 14.1. The van der Waals surface area contributed by atoms with Crippen molar-refractivity contribution in [3.05, 3.63) is 0 Å². The third-order valence-electron chi connectivity index (χ3n) is 7.48. The van der Waals surface area contributed by atoms with Crippen LogP contribution in [0.25, 0.3) is 0 Å². The topological polar surface area (TPSA) is 169 Å². The number of likely N-dealkylation sites (N-methyl/N-ethyl adjacent to an activating group) is 1. The summed E-state index contributed by atoms with van der Waals surface area (Å²) in [7, 11) is 3.94. The molecule has 0 unspecified atom stereocenters. The number of nitrogens with one attached hydrogen (secondary N) is 5. The molecule has 0 aromatic heterocycles. The molecule has 5 N–H and O–H groups in total. The van der Waals surface area contributed by atoms with E-state index in [1.165, 1.54) is 18.7 Å². The first-order chi connectivity index (χ1) is 19.8. The molecule has 0 radical (unpaired) electrons. The number of rotatable bonds is 18. The Hall–Kier alpha value is -3.22. The fourth-order valence-corrected chi connectivity index (χ4v) is 5.18. The Morgan fingerprint density at radius 1 is 0.907 bits per heavy atom. The highest BCUT2D eigenvalue weighted by atomic mass is 16.2. The highest BCUT2D eigenvalue weighted by molar-refractivity contribution is 5.97. The van der Waals surface area contributed by atoms with E-state index in [1.807, 2.05) is 32.8 Å². The minimum Gasteiger partial charge on any atom is -0.354 e. The van der Waals surface area contributed by atoms with Gasteiger partial charge in [-0.05, 0) is 87.2 Å². The van der Waals surface area contributed by atoms with Crippen molar-refractivity contribution in [1.29, 1.82) is 0 Å². The highest BCUT2D eigenvalue weighted by Gasteiger charge is 2.41. The van der Waals surface area contributed by atoms with Crippen molar-refractivity contribution in [2.45, 2.75) is 116 Å². The number of carbonyl (C=O) groups is 6. The van der Waals surface area contributed by atoms with Crippen molar-refractivity contribution >= 4 is 35.9 Å². The zero-order chi connectivity index (χ0) is 33.2. The summed E-state index contributed by atoms with van der Waals surface area (Å²) in [6, 6.07) is -1.23. The van der Waals surface area contributed by atoms with E-state index in [0.29, 0.717) is 12.8 Å². The quantitative estimate of drug-likeness (QED) is 0.139. The molecule has 1 saturated carbocycles. The van der Waals surface area contributed by atoms with Crippen LogP contribution in [0.5, 0.6) is 0 Å². The van der Waals surface area contributed by atoms with E-state index in [4.69, 9.17) is 0 Å². The van der Waals surface area contributed by atoms with Gasteiger partial charge in [0.1, 0.15) is 17.1 Å². The second-order valence-electron chi connectivity index (χ2n) is 13.7. The second-order valence-corrected chi connectivity index (χ2v) is 13.7. The van der Waals surface area contributed by atoms with Crippen molar-refractivity contribution in [1.82, 2.24) is 36.4 Å². The van der Waals surface area contributed by atoms with Crippen LogP contribution in [-0.4, -0.2) is 108 Å². The smallest absolute Gasteiger partial charge is 0.246 e. The van der Waals surface area contributed by atoms with E-state index in [1.54, 1.807) is 27.7 Å². The Bertz CT molecular complexity index is 1000. The lowest BCUT2D eigenvalue weighted by atomic mass is 9.76. The lowest BCUT2D eigenvalue weighted by molar-refractivity contribution is -0.145. The summed E-state index contributed by atoms with van der Waals surface area (Å²) in [6.07, 6.45) is 3.79. The van der Waals surface area contributed by atoms with E-state index in [9.17, 15) is 28.8 Å². The molecule has 0 aromatic rings. The van der Waals surface area contributed by atoms with Gasteiger partial charge in [0.2, 0.25) is 35.9 Å². The zero-order valence-corrected chi connectivity index (χ0v) is 27.8. The molecule has 1 atom stereocenters. The lowest BCUT2D eigenvalue weighted by Gasteiger charge is -2.44. The standard InChI is InChI=1S/C30H55N7O6/c1-20(2)16-22(37(21(3)4)24(40)17-31-19-38)25(41)34-29(7,8)27(43)35-28(5,6)26(42)32-15-12-23(39)33-30(13-11-14-30)18-36(9)10/h19-22H,11-18H2,1-10H3,(H,31,38)(H,32,42)(H,33,39)(H,34,41)(H,35,43)/t22-/m0/s1. The Morgan fingerprint density at radius 2 is 1.49 bits per heavy atom. The van der Waals surface area contributed by atoms with Crippen LogP contribution in [0.2, 0.25) is 0 Å². The molecule has 13 heteroatoms. The Labute approximate surface area is 257 Å². The van der Waals surface area contributed by atoms with Gasteiger partial charge in [0.05, 0.1) is 12.1 Å². The van der Waals surface area contributed by atoms with Crippen LogP contribution >= 0.6 is 0 Å². The van der Waals surface area contributed by atoms with Crippen LogP contribution in [0.4, 0.5) is 0 Å².